The van der Waals surface area contributed by atoms with Crippen LogP contribution in [-0.2, 0) is 11.3 Å². The van der Waals surface area contributed by atoms with Gasteiger partial charge in [-0.15, -0.1) is 0 Å². The molecule has 1 saturated heterocycles. The zero-order valence-corrected chi connectivity index (χ0v) is 11.2. The third-order valence-electron chi connectivity index (χ3n) is 3.33. The lowest BCUT2D eigenvalue weighted by molar-refractivity contribution is 0.0660. The Morgan fingerprint density at radius 1 is 1.50 bits per heavy atom. The Morgan fingerprint density at radius 3 is 2.90 bits per heavy atom. The molecule has 1 aliphatic rings. The predicted octanol–water partition coefficient (Wildman–Crippen LogP) is 1.20. The quantitative estimate of drug-likeness (QED) is 0.753. The van der Waals surface area contributed by atoms with Crippen molar-refractivity contribution in [2.45, 2.75) is 25.9 Å². The second-order valence-corrected chi connectivity index (χ2v) is 4.81. The van der Waals surface area contributed by atoms with Crippen LogP contribution in [0.3, 0.4) is 0 Å². The Morgan fingerprint density at radius 2 is 2.30 bits per heavy atom. The summed E-state index contributed by atoms with van der Waals surface area (Å²) in [4.78, 5) is 22.3. The second-order valence-electron chi connectivity index (χ2n) is 4.81. The van der Waals surface area contributed by atoms with E-state index in [9.17, 15) is 9.59 Å². The molecule has 3 N–H and O–H groups in total. The lowest BCUT2D eigenvalue weighted by Gasteiger charge is -2.19. The van der Waals surface area contributed by atoms with Gasteiger partial charge in [0.25, 0.3) is 0 Å². The topological polar surface area (TPSA) is 101 Å². The van der Waals surface area contributed by atoms with Crippen molar-refractivity contribution >= 4 is 12.0 Å². The number of ether oxygens (including phenoxy) is 1. The van der Waals surface area contributed by atoms with Crippen molar-refractivity contribution in [3.8, 4) is 0 Å². The van der Waals surface area contributed by atoms with Gasteiger partial charge in [0.15, 0.2) is 0 Å². The Labute approximate surface area is 116 Å². The van der Waals surface area contributed by atoms with Gasteiger partial charge in [-0.25, -0.2) is 9.59 Å². The minimum absolute atomic E-state index is 0.0312. The van der Waals surface area contributed by atoms with E-state index >= 15 is 0 Å². The minimum Gasteiger partial charge on any atom is -0.475 e. The monoisotopic (exact) mass is 282 g/mol. The number of carboxylic acids is 1. The Hall–Kier alpha value is -2.02. The van der Waals surface area contributed by atoms with Crippen LogP contribution < -0.4 is 10.6 Å². The summed E-state index contributed by atoms with van der Waals surface area (Å²) in [7, 11) is 0. The number of carboxylic acid groups (broad SMARTS) is 1. The molecule has 2 rings (SSSR count). The molecule has 7 nitrogen and oxygen atoms in total. The van der Waals surface area contributed by atoms with Crippen LogP contribution in [0.15, 0.2) is 16.5 Å². The highest BCUT2D eigenvalue weighted by Gasteiger charge is 2.23. The normalized spacial score (nSPS) is 19.6. The molecule has 0 aromatic carbocycles. The molecule has 7 heteroatoms. The lowest BCUT2D eigenvalue weighted by Crippen LogP contribution is -2.43. The van der Waals surface area contributed by atoms with Crippen LogP contribution in [0.4, 0.5) is 4.79 Å². The number of hydrogen-bond acceptors (Lipinski definition) is 4. The van der Waals surface area contributed by atoms with Gasteiger partial charge in [-0.05, 0) is 25.5 Å². The smallest absolute Gasteiger partial charge is 0.371 e. The first-order chi connectivity index (χ1) is 9.56. The van der Waals surface area contributed by atoms with E-state index in [1.54, 1.807) is 0 Å². The van der Waals surface area contributed by atoms with E-state index in [0.29, 0.717) is 18.3 Å². The summed E-state index contributed by atoms with van der Waals surface area (Å²) in [6.07, 6.45) is 0.946. The molecule has 0 spiro atoms. The Kier molecular flexibility index (Phi) is 4.62. The van der Waals surface area contributed by atoms with E-state index in [-0.39, 0.29) is 24.4 Å². The SMILES string of the molecule is CC(NC(=O)NCc1ccc(C(=O)O)o1)C1CCOC1. The molecule has 0 radical (unpaired) electrons. The van der Waals surface area contributed by atoms with Crippen LogP contribution in [-0.4, -0.2) is 36.4 Å². The summed E-state index contributed by atoms with van der Waals surface area (Å²) in [5, 5.41) is 14.2. The summed E-state index contributed by atoms with van der Waals surface area (Å²) in [6, 6.07) is 2.61. The summed E-state index contributed by atoms with van der Waals surface area (Å²) < 4.78 is 10.3. The fraction of sp³-hybridized carbons (Fsp3) is 0.538. The molecular weight excluding hydrogens is 264 g/mol. The first kappa shape index (κ1) is 14.4. The fourth-order valence-electron chi connectivity index (χ4n) is 2.08. The van der Waals surface area contributed by atoms with Crippen LogP contribution in [0, 0.1) is 5.92 Å². The summed E-state index contributed by atoms with van der Waals surface area (Å²) in [5.74, 6) is -0.536. The summed E-state index contributed by atoms with van der Waals surface area (Å²) >= 11 is 0. The number of aromatic carboxylic acids is 1. The number of rotatable bonds is 5. The molecule has 2 unspecified atom stereocenters. The average Bonchev–Trinajstić information content (AvgIpc) is 3.07. The highest BCUT2D eigenvalue weighted by molar-refractivity contribution is 5.84. The van der Waals surface area contributed by atoms with E-state index in [4.69, 9.17) is 14.3 Å². The maximum absolute atomic E-state index is 11.7. The number of carbonyl (C=O) groups excluding carboxylic acids is 1. The molecule has 2 heterocycles. The number of hydrogen-bond donors (Lipinski definition) is 3. The molecule has 2 amide bonds. The zero-order valence-electron chi connectivity index (χ0n) is 11.2. The van der Waals surface area contributed by atoms with Crippen molar-refractivity contribution in [2.24, 2.45) is 5.92 Å². The fourth-order valence-corrected chi connectivity index (χ4v) is 2.08. The van der Waals surface area contributed by atoms with Crippen molar-refractivity contribution in [3.05, 3.63) is 23.7 Å². The van der Waals surface area contributed by atoms with Crippen LogP contribution >= 0.6 is 0 Å². The third kappa shape index (κ3) is 3.74. The first-order valence-electron chi connectivity index (χ1n) is 6.50. The molecule has 0 saturated carbocycles. The van der Waals surface area contributed by atoms with Gasteiger partial charge in [0.2, 0.25) is 5.76 Å². The number of carbonyl (C=O) groups is 2. The van der Waals surface area contributed by atoms with Gasteiger partial charge in [-0.3, -0.25) is 0 Å². The Bertz CT molecular complexity index is 479. The third-order valence-corrected chi connectivity index (χ3v) is 3.33. The van der Waals surface area contributed by atoms with Gasteiger partial charge < -0.3 is 24.9 Å². The molecule has 110 valence electrons. The van der Waals surface area contributed by atoms with Gasteiger partial charge in [0, 0.05) is 18.6 Å². The van der Waals surface area contributed by atoms with E-state index < -0.39 is 5.97 Å². The van der Waals surface area contributed by atoms with Crippen molar-refractivity contribution in [1.29, 1.82) is 0 Å². The minimum atomic E-state index is -1.13. The highest BCUT2D eigenvalue weighted by atomic mass is 16.5. The van der Waals surface area contributed by atoms with Gasteiger partial charge in [-0.1, -0.05) is 0 Å². The predicted molar refractivity (Wildman–Crippen MR) is 69.4 cm³/mol. The molecule has 1 fully saturated rings. The van der Waals surface area contributed by atoms with E-state index in [1.165, 1.54) is 12.1 Å². The molecule has 0 aliphatic carbocycles. The maximum Gasteiger partial charge on any atom is 0.371 e. The standard InChI is InChI=1S/C13H18N2O5/c1-8(9-4-5-19-7-9)15-13(18)14-6-10-2-3-11(20-10)12(16)17/h2-3,8-9H,4-7H2,1H3,(H,16,17)(H2,14,15,18). The lowest BCUT2D eigenvalue weighted by atomic mass is 10.0. The van der Waals surface area contributed by atoms with Gasteiger partial charge >= 0.3 is 12.0 Å². The van der Waals surface area contributed by atoms with E-state index in [2.05, 4.69) is 10.6 Å². The Balaban J connectivity index is 1.75. The number of furan rings is 1. The van der Waals surface area contributed by atoms with Crippen molar-refractivity contribution < 1.29 is 23.8 Å². The number of amides is 2. The zero-order chi connectivity index (χ0) is 14.5. The van der Waals surface area contributed by atoms with Gasteiger partial charge in [0.05, 0.1) is 13.2 Å². The molecule has 1 aromatic rings. The van der Waals surface area contributed by atoms with Gasteiger partial charge in [0.1, 0.15) is 5.76 Å². The van der Waals surface area contributed by atoms with Gasteiger partial charge in [-0.2, -0.15) is 0 Å². The first-order valence-corrected chi connectivity index (χ1v) is 6.50. The number of urea groups is 1. The van der Waals surface area contributed by atoms with Crippen molar-refractivity contribution in [2.75, 3.05) is 13.2 Å². The molecule has 1 aromatic heterocycles. The molecule has 1 aliphatic heterocycles. The molecular formula is C13H18N2O5. The largest absolute Gasteiger partial charge is 0.475 e. The van der Waals surface area contributed by atoms with E-state index in [0.717, 1.165) is 13.0 Å². The molecule has 2 atom stereocenters. The summed E-state index contributed by atoms with van der Waals surface area (Å²) in [6.45, 7) is 3.49. The van der Waals surface area contributed by atoms with Crippen molar-refractivity contribution in [3.63, 3.8) is 0 Å². The van der Waals surface area contributed by atoms with Crippen LogP contribution in [0.1, 0.15) is 29.7 Å². The van der Waals surface area contributed by atoms with Crippen LogP contribution in [0.2, 0.25) is 0 Å². The van der Waals surface area contributed by atoms with E-state index in [1.807, 2.05) is 6.92 Å². The molecule has 20 heavy (non-hydrogen) atoms. The van der Waals surface area contributed by atoms with Crippen molar-refractivity contribution in [1.82, 2.24) is 10.6 Å². The summed E-state index contributed by atoms with van der Waals surface area (Å²) in [5.41, 5.74) is 0. The maximum atomic E-state index is 11.7. The van der Waals surface area contributed by atoms with Crippen LogP contribution in [0.5, 0.6) is 0 Å². The second kappa shape index (κ2) is 6.42. The van der Waals surface area contributed by atoms with Crippen LogP contribution in [0.25, 0.3) is 0 Å². The molecule has 0 bridgehead atoms. The average molecular weight is 282 g/mol. The number of nitrogens with one attached hydrogen (secondary N) is 2. The highest BCUT2D eigenvalue weighted by Crippen LogP contribution is 2.16.